The van der Waals surface area contributed by atoms with Crippen LogP contribution in [-0.2, 0) is 65.4 Å². The van der Waals surface area contributed by atoms with E-state index in [0.717, 1.165) is 96.3 Å². The third kappa shape index (κ3) is 74.3. The molecule has 0 aromatic heterocycles. The minimum Gasteiger partial charge on any atom is -0.462 e. The van der Waals surface area contributed by atoms with Crippen LogP contribution in [0.25, 0.3) is 0 Å². The molecule has 19 heteroatoms. The third-order valence-electron chi connectivity index (χ3n) is 19.0. The lowest BCUT2D eigenvalue weighted by Crippen LogP contribution is -2.30. The maximum absolute atomic E-state index is 13.1. The van der Waals surface area contributed by atoms with Crippen molar-refractivity contribution in [2.24, 2.45) is 5.92 Å². The van der Waals surface area contributed by atoms with Gasteiger partial charge in [-0.05, 0) is 31.6 Å². The van der Waals surface area contributed by atoms with E-state index in [1.165, 1.54) is 250 Å². The Morgan fingerprint density at radius 1 is 0.270 bits per heavy atom. The van der Waals surface area contributed by atoms with Gasteiger partial charge in [0.1, 0.15) is 19.3 Å². The Morgan fingerprint density at radius 3 is 0.680 bits per heavy atom. The first kappa shape index (κ1) is 98.1. The number of hydrogen-bond donors (Lipinski definition) is 3. The molecule has 2 unspecified atom stereocenters. The fraction of sp³-hybridized carbons (Fsp3) is 0.951. The molecule has 0 fully saturated rings. The van der Waals surface area contributed by atoms with Gasteiger partial charge in [-0.3, -0.25) is 37.3 Å². The second-order valence-corrected chi connectivity index (χ2v) is 32.5. The van der Waals surface area contributed by atoms with Crippen molar-refractivity contribution >= 4 is 39.5 Å². The van der Waals surface area contributed by atoms with Gasteiger partial charge < -0.3 is 33.8 Å². The summed E-state index contributed by atoms with van der Waals surface area (Å²) in [7, 11) is -9.91. The fourth-order valence-corrected chi connectivity index (χ4v) is 14.2. The Hall–Kier alpha value is -1.94. The lowest BCUT2D eigenvalue weighted by molar-refractivity contribution is -0.161. The summed E-state index contributed by atoms with van der Waals surface area (Å²) in [5.74, 6) is -1.43. The molecule has 0 aliphatic carbocycles. The van der Waals surface area contributed by atoms with Crippen molar-refractivity contribution in [3.63, 3.8) is 0 Å². The highest BCUT2D eigenvalue weighted by atomic mass is 31.2. The number of phosphoric acid groups is 2. The molecule has 0 saturated carbocycles. The number of esters is 4. The number of aliphatic hydroxyl groups excluding tert-OH is 1. The number of rotatable bonds is 81. The molecule has 0 rings (SSSR count). The molecule has 0 aliphatic heterocycles. The first-order chi connectivity index (χ1) is 48.5. The van der Waals surface area contributed by atoms with Crippen LogP contribution < -0.4 is 0 Å². The molecule has 0 aromatic rings. The zero-order valence-corrected chi connectivity index (χ0v) is 67.1. The highest BCUT2D eigenvalue weighted by Crippen LogP contribution is 2.45. The van der Waals surface area contributed by atoms with Gasteiger partial charge in [-0.1, -0.05) is 381 Å². The number of hydrogen-bond acceptors (Lipinski definition) is 15. The minimum atomic E-state index is -4.96. The standard InChI is InChI=1S/C81H158O17P2/c1-6-9-12-15-18-21-24-26-28-30-32-33-35-37-39-41-44-47-50-57-62-67-81(86)97-76(70-91-78(83)64-59-54-48-45-43-40-38-36-34-31-29-27-25-22-19-16-13-10-7-2)72-95-99(87,88)93-68-75(82)69-94-100(89,90)96-73-77(71-92-79(84)65-60-55-52-51-53-58-63-74(4)5)98-80(85)66-61-56-49-46-42-23-20-17-14-11-8-3/h74-77,82H,6-73H2,1-5H3,(H,87,88)(H,89,90)/t75-,76-,77-/m1/s1. The van der Waals surface area contributed by atoms with E-state index in [9.17, 15) is 43.2 Å². The summed E-state index contributed by atoms with van der Waals surface area (Å²) in [4.78, 5) is 72.9. The zero-order valence-electron chi connectivity index (χ0n) is 65.3. The lowest BCUT2D eigenvalue weighted by Gasteiger charge is -2.21. The van der Waals surface area contributed by atoms with Crippen molar-refractivity contribution < 1.29 is 80.2 Å². The summed E-state index contributed by atoms with van der Waals surface area (Å²) in [6.45, 7) is 7.23. The van der Waals surface area contributed by atoms with Crippen molar-refractivity contribution in [3.8, 4) is 0 Å². The molecule has 5 atom stereocenters. The van der Waals surface area contributed by atoms with Gasteiger partial charge in [0.15, 0.2) is 12.2 Å². The molecule has 0 bridgehead atoms. The highest BCUT2D eigenvalue weighted by molar-refractivity contribution is 7.47. The molecule has 0 aromatic carbocycles. The molecule has 0 spiro atoms. The molecule has 17 nitrogen and oxygen atoms in total. The summed E-state index contributed by atoms with van der Waals surface area (Å²) < 4.78 is 68.6. The van der Waals surface area contributed by atoms with Crippen LogP contribution in [0, 0.1) is 5.92 Å². The monoisotopic (exact) mass is 1470 g/mol. The molecule has 100 heavy (non-hydrogen) atoms. The van der Waals surface area contributed by atoms with Gasteiger partial charge in [0.25, 0.3) is 0 Å². The quantitative estimate of drug-likeness (QED) is 0.0222. The SMILES string of the molecule is CCCCCCCCCCCCCCCCCCCCCCCC(=O)O[C@H](COC(=O)CCCCCCCCCCCCCCCCCCCCC)COP(=O)(O)OC[C@@H](O)COP(=O)(O)OC[C@@H](COC(=O)CCCCCCCCC(C)C)OC(=O)CCCCCCCCCCCCC. The van der Waals surface area contributed by atoms with Gasteiger partial charge >= 0.3 is 39.5 Å². The molecule has 0 aliphatic rings. The van der Waals surface area contributed by atoms with Gasteiger partial charge in [0.05, 0.1) is 26.4 Å². The van der Waals surface area contributed by atoms with E-state index < -0.39 is 97.5 Å². The molecule has 0 heterocycles. The topological polar surface area (TPSA) is 237 Å². The average molecular weight is 1470 g/mol. The van der Waals surface area contributed by atoms with Gasteiger partial charge in [-0.15, -0.1) is 0 Å². The van der Waals surface area contributed by atoms with E-state index in [2.05, 4.69) is 34.6 Å². The molecular formula is C81H158O17P2. The third-order valence-corrected chi connectivity index (χ3v) is 20.9. The number of carbonyl (C=O) groups excluding carboxylic acids is 4. The Morgan fingerprint density at radius 2 is 0.460 bits per heavy atom. The predicted octanol–water partition coefficient (Wildman–Crippen LogP) is 24.4. The average Bonchev–Trinajstić information content (AvgIpc) is 1.03. The van der Waals surface area contributed by atoms with Crippen LogP contribution in [0.1, 0.15) is 433 Å². The summed E-state index contributed by atoms with van der Waals surface area (Å²) in [6, 6.07) is 0. The second-order valence-electron chi connectivity index (χ2n) is 29.6. The molecular weight excluding hydrogens is 1310 g/mol. The fourth-order valence-electron chi connectivity index (χ4n) is 12.6. The molecule has 3 N–H and O–H groups in total. The maximum atomic E-state index is 13.1. The Kier molecular flexibility index (Phi) is 72.5. The summed E-state index contributed by atoms with van der Waals surface area (Å²) in [6.07, 6.45) is 65.6. The van der Waals surface area contributed by atoms with Crippen molar-refractivity contribution in [1.82, 2.24) is 0 Å². The smallest absolute Gasteiger partial charge is 0.462 e. The Labute approximate surface area is 613 Å². The van der Waals surface area contributed by atoms with Crippen molar-refractivity contribution in [2.75, 3.05) is 39.6 Å². The Balaban J connectivity index is 5.18. The largest absolute Gasteiger partial charge is 0.472 e. The minimum absolute atomic E-state index is 0.106. The number of ether oxygens (including phenoxy) is 4. The number of aliphatic hydroxyl groups is 1. The maximum Gasteiger partial charge on any atom is 0.472 e. The van der Waals surface area contributed by atoms with E-state index in [4.69, 9.17) is 37.0 Å². The second kappa shape index (κ2) is 73.9. The number of carbonyl (C=O) groups is 4. The van der Waals surface area contributed by atoms with Crippen LogP contribution in [0.4, 0.5) is 0 Å². The number of unbranched alkanes of at least 4 members (excludes halogenated alkanes) is 53. The zero-order chi connectivity index (χ0) is 73.4. The lowest BCUT2D eigenvalue weighted by atomic mass is 10.0. The van der Waals surface area contributed by atoms with Gasteiger partial charge in [0, 0.05) is 25.7 Å². The van der Waals surface area contributed by atoms with Crippen LogP contribution in [-0.4, -0.2) is 96.7 Å². The van der Waals surface area contributed by atoms with E-state index >= 15 is 0 Å². The molecule has 0 saturated heterocycles. The van der Waals surface area contributed by atoms with Crippen LogP contribution >= 0.6 is 15.6 Å². The van der Waals surface area contributed by atoms with Gasteiger partial charge in [-0.25, -0.2) is 9.13 Å². The first-order valence-corrected chi connectivity index (χ1v) is 45.1. The van der Waals surface area contributed by atoms with Crippen LogP contribution in [0.5, 0.6) is 0 Å². The molecule has 0 radical (unpaired) electrons. The summed E-state index contributed by atoms with van der Waals surface area (Å²) in [5, 5.41) is 10.6. The predicted molar refractivity (Wildman–Crippen MR) is 409 cm³/mol. The Bertz CT molecular complexity index is 1910. The van der Waals surface area contributed by atoms with E-state index in [1.54, 1.807) is 0 Å². The van der Waals surface area contributed by atoms with E-state index in [1.807, 2.05) is 0 Å². The van der Waals surface area contributed by atoms with E-state index in [0.29, 0.717) is 31.6 Å². The van der Waals surface area contributed by atoms with Gasteiger partial charge in [0.2, 0.25) is 0 Å². The molecule has 0 amide bonds. The summed E-state index contributed by atoms with van der Waals surface area (Å²) >= 11 is 0. The first-order valence-electron chi connectivity index (χ1n) is 42.1. The van der Waals surface area contributed by atoms with Crippen molar-refractivity contribution in [2.45, 2.75) is 451 Å². The van der Waals surface area contributed by atoms with E-state index in [-0.39, 0.29) is 25.7 Å². The normalized spacial score (nSPS) is 13.8. The number of phosphoric ester groups is 2. The van der Waals surface area contributed by atoms with Gasteiger partial charge in [-0.2, -0.15) is 0 Å². The van der Waals surface area contributed by atoms with Crippen LogP contribution in [0.3, 0.4) is 0 Å². The van der Waals surface area contributed by atoms with Crippen LogP contribution in [0.2, 0.25) is 0 Å². The summed E-state index contributed by atoms with van der Waals surface area (Å²) in [5.41, 5.74) is 0. The van der Waals surface area contributed by atoms with Crippen molar-refractivity contribution in [1.29, 1.82) is 0 Å². The highest BCUT2D eigenvalue weighted by Gasteiger charge is 2.30. The molecule has 594 valence electrons. The van der Waals surface area contributed by atoms with Crippen molar-refractivity contribution in [3.05, 3.63) is 0 Å². The van der Waals surface area contributed by atoms with Crippen LogP contribution in [0.15, 0.2) is 0 Å².